The van der Waals surface area contributed by atoms with Crippen molar-refractivity contribution < 1.29 is 23.2 Å². The van der Waals surface area contributed by atoms with Gasteiger partial charge in [0.25, 0.3) is 5.89 Å². The first-order valence-electron chi connectivity index (χ1n) is 5.34. The molecule has 0 aliphatic heterocycles. The van der Waals surface area contributed by atoms with Gasteiger partial charge in [-0.15, -0.1) is 0 Å². The van der Waals surface area contributed by atoms with E-state index in [0.717, 1.165) is 6.26 Å². The number of nitrogens with zero attached hydrogens (tertiary/aromatic N) is 2. The minimum Gasteiger partial charge on any atom is -0.504 e. The van der Waals surface area contributed by atoms with E-state index in [1.54, 1.807) is 0 Å². The highest BCUT2D eigenvalue weighted by Crippen LogP contribution is 2.35. The fraction of sp³-hybridized carbons (Fsp3) is 0.273. The second-order valence-electron chi connectivity index (χ2n) is 4.10. The topological polar surface area (TPSA) is 114 Å². The lowest BCUT2D eigenvalue weighted by Gasteiger charge is -2.02. The number of benzene rings is 1. The highest BCUT2D eigenvalue weighted by Gasteiger charge is 2.24. The predicted molar refractivity (Wildman–Crippen MR) is 66.3 cm³/mol. The van der Waals surface area contributed by atoms with Gasteiger partial charge in [-0.1, -0.05) is 11.2 Å². The Morgan fingerprint density at radius 3 is 2.63 bits per heavy atom. The van der Waals surface area contributed by atoms with Crippen LogP contribution in [-0.2, 0) is 9.84 Å². The number of rotatable bonds is 3. The molecule has 8 heteroatoms. The van der Waals surface area contributed by atoms with E-state index in [4.69, 9.17) is 4.52 Å². The Labute approximate surface area is 109 Å². The summed E-state index contributed by atoms with van der Waals surface area (Å²) in [7, 11) is -3.34. The van der Waals surface area contributed by atoms with Gasteiger partial charge in [0.15, 0.2) is 27.2 Å². The van der Waals surface area contributed by atoms with Crippen molar-refractivity contribution in [1.82, 2.24) is 10.1 Å². The number of phenolic OH excluding ortho intramolecular Hbond substituents is 2. The van der Waals surface area contributed by atoms with Gasteiger partial charge in [-0.25, -0.2) is 8.42 Å². The van der Waals surface area contributed by atoms with E-state index in [0.29, 0.717) is 0 Å². The summed E-state index contributed by atoms with van der Waals surface area (Å²) in [5.41, 5.74) is 0.138. The largest absolute Gasteiger partial charge is 0.504 e. The van der Waals surface area contributed by atoms with Crippen LogP contribution in [0.25, 0.3) is 11.5 Å². The molecule has 0 saturated heterocycles. The molecular weight excluding hydrogens is 272 g/mol. The van der Waals surface area contributed by atoms with Gasteiger partial charge in [-0.3, -0.25) is 0 Å². The van der Waals surface area contributed by atoms with E-state index in [2.05, 4.69) is 10.1 Å². The molecule has 0 aliphatic carbocycles. The van der Waals surface area contributed by atoms with Crippen LogP contribution in [0.2, 0.25) is 0 Å². The SMILES string of the molecule is CC(c1noc(-c2cccc(O)c2O)n1)S(C)(=O)=O. The second-order valence-corrected chi connectivity index (χ2v) is 6.47. The Bertz CT molecular complexity index is 708. The van der Waals surface area contributed by atoms with Crippen LogP contribution in [0.1, 0.15) is 18.0 Å². The Morgan fingerprint density at radius 1 is 1.32 bits per heavy atom. The third-order valence-electron chi connectivity index (χ3n) is 2.69. The van der Waals surface area contributed by atoms with Gasteiger partial charge in [0.05, 0.1) is 5.56 Å². The van der Waals surface area contributed by atoms with Crippen molar-refractivity contribution in [3.05, 3.63) is 24.0 Å². The average molecular weight is 284 g/mol. The van der Waals surface area contributed by atoms with Gasteiger partial charge >= 0.3 is 0 Å². The quantitative estimate of drug-likeness (QED) is 0.815. The molecule has 7 nitrogen and oxygen atoms in total. The van der Waals surface area contributed by atoms with E-state index in [-0.39, 0.29) is 23.0 Å². The molecule has 1 heterocycles. The maximum absolute atomic E-state index is 11.4. The van der Waals surface area contributed by atoms with Gasteiger partial charge in [0, 0.05) is 6.26 Å². The van der Waals surface area contributed by atoms with Crippen LogP contribution in [0.15, 0.2) is 22.7 Å². The molecule has 0 saturated carbocycles. The lowest BCUT2D eigenvalue weighted by atomic mass is 10.2. The number of hydrogen-bond acceptors (Lipinski definition) is 7. The van der Waals surface area contributed by atoms with Crippen molar-refractivity contribution in [2.45, 2.75) is 12.2 Å². The Hall–Kier alpha value is -2.09. The van der Waals surface area contributed by atoms with Gasteiger partial charge in [0.2, 0.25) is 0 Å². The molecule has 102 valence electrons. The van der Waals surface area contributed by atoms with E-state index in [9.17, 15) is 18.6 Å². The van der Waals surface area contributed by atoms with E-state index >= 15 is 0 Å². The molecule has 1 atom stereocenters. The molecule has 2 N–H and O–H groups in total. The van der Waals surface area contributed by atoms with Crippen LogP contribution in [0, 0.1) is 0 Å². The molecule has 0 amide bonds. The number of para-hydroxylation sites is 1. The molecule has 2 aromatic rings. The van der Waals surface area contributed by atoms with Crippen LogP contribution >= 0.6 is 0 Å². The summed E-state index contributed by atoms with van der Waals surface area (Å²) in [4.78, 5) is 3.92. The van der Waals surface area contributed by atoms with Gasteiger partial charge in [-0.05, 0) is 19.1 Å². The summed E-state index contributed by atoms with van der Waals surface area (Å²) in [6.07, 6.45) is 1.07. The normalized spacial score (nSPS) is 13.4. The maximum atomic E-state index is 11.4. The molecule has 0 bridgehead atoms. The van der Waals surface area contributed by atoms with Gasteiger partial charge in [-0.2, -0.15) is 4.98 Å². The zero-order valence-corrected chi connectivity index (χ0v) is 11.0. The Kier molecular flexibility index (Phi) is 3.19. The third kappa shape index (κ3) is 2.53. The zero-order valence-electron chi connectivity index (χ0n) is 10.2. The lowest BCUT2D eigenvalue weighted by Crippen LogP contribution is -2.09. The number of phenols is 2. The van der Waals surface area contributed by atoms with Crippen molar-refractivity contribution in [1.29, 1.82) is 0 Å². The van der Waals surface area contributed by atoms with Crippen molar-refractivity contribution in [2.24, 2.45) is 0 Å². The van der Waals surface area contributed by atoms with Crippen molar-refractivity contribution in [2.75, 3.05) is 6.26 Å². The van der Waals surface area contributed by atoms with Crippen molar-refractivity contribution >= 4 is 9.84 Å². The fourth-order valence-corrected chi connectivity index (χ4v) is 1.88. The summed E-state index contributed by atoms with van der Waals surface area (Å²) < 4.78 is 27.7. The van der Waals surface area contributed by atoms with Crippen LogP contribution in [0.5, 0.6) is 11.5 Å². The summed E-state index contributed by atoms with van der Waals surface area (Å²) >= 11 is 0. The highest BCUT2D eigenvalue weighted by atomic mass is 32.2. The molecule has 1 unspecified atom stereocenters. The minimum atomic E-state index is -3.34. The summed E-state index contributed by atoms with van der Waals surface area (Å²) in [5.74, 6) is -0.780. The van der Waals surface area contributed by atoms with Gasteiger partial charge < -0.3 is 14.7 Å². The summed E-state index contributed by atoms with van der Waals surface area (Å²) in [6.45, 7) is 1.44. The number of sulfone groups is 1. The molecule has 0 aliphatic rings. The van der Waals surface area contributed by atoms with Crippen LogP contribution in [0.3, 0.4) is 0 Å². The molecule has 0 radical (unpaired) electrons. The monoisotopic (exact) mass is 284 g/mol. The third-order valence-corrected chi connectivity index (χ3v) is 4.19. The standard InChI is InChI=1S/C11H12N2O5S/c1-6(19(2,16)17)10-12-11(18-13-10)7-4-3-5-8(14)9(7)15/h3-6,14-15H,1-2H3. The molecule has 19 heavy (non-hydrogen) atoms. The highest BCUT2D eigenvalue weighted by molar-refractivity contribution is 7.90. The molecule has 0 fully saturated rings. The summed E-state index contributed by atoms with van der Waals surface area (Å²) in [6, 6.07) is 4.26. The van der Waals surface area contributed by atoms with E-state index < -0.39 is 20.8 Å². The first-order chi connectivity index (χ1) is 8.80. The maximum Gasteiger partial charge on any atom is 0.261 e. The Morgan fingerprint density at radius 2 is 2.00 bits per heavy atom. The number of aromatic hydroxyl groups is 2. The molecular formula is C11H12N2O5S. The molecule has 1 aromatic heterocycles. The van der Waals surface area contributed by atoms with Gasteiger partial charge in [0.1, 0.15) is 5.25 Å². The predicted octanol–water partition coefficient (Wildman–Crippen LogP) is 1.25. The van der Waals surface area contributed by atoms with Crippen molar-refractivity contribution in [3.8, 4) is 23.0 Å². The van der Waals surface area contributed by atoms with Crippen LogP contribution in [-0.4, -0.2) is 35.0 Å². The Balaban J connectivity index is 2.45. The van der Waals surface area contributed by atoms with Crippen molar-refractivity contribution in [3.63, 3.8) is 0 Å². The average Bonchev–Trinajstić information content (AvgIpc) is 2.79. The van der Waals surface area contributed by atoms with E-state index in [1.807, 2.05) is 0 Å². The lowest BCUT2D eigenvalue weighted by molar-refractivity contribution is 0.396. The fourth-order valence-electron chi connectivity index (χ4n) is 1.40. The molecule has 2 rings (SSSR count). The van der Waals surface area contributed by atoms with Crippen LogP contribution in [0.4, 0.5) is 0 Å². The molecule has 1 aromatic carbocycles. The zero-order chi connectivity index (χ0) is 14.2. The smallest absolute Gasteiger partial charge is 0.261 e. The number of aromatic nitrogens is 2. The molecule has 0 spiro atoms. The first-order valence-corrected chi connectivity index (χ1v) is 7.30. The van der Waals surface area contributed by atoms with E-state index in [1.165, 1.54) is 25.1 Å². The summed E-state index contributed by atoms with van der Waals surface area (Å²) in [5, 5.41) is 21.7. The second kappa shape index (κ2) is 4.54. The number of hydrogen-bond donors (Lipinski definition) is 2. The van der Waals surface area contributed by atoms with Crippen LogP contribution < -0.4 is 0 Å². The first kappa shape index (κ1) is 13.3. The minimum absolute atomic E-state index is 0.000225.